The van der Waals surface area contributed by atoms with Crippen LogP contribution in [-0.4, -0.2) is 11.7 Å². The van der Waals surface area contributed by atoms with Crippen LogP contribution in [0.5, 0.6) is 0 Å². The average Bonchev–Trinajstić information content (AvgIpc) is 1.95. The van der Waals surface area contributed by atoms with Crippen LogP contribution in [0.4, 0.5) is 0 Å². The van der Waals surface area contributed by atoms with Crippen molar-refractivity contribution in [2.45, 2.75) is 19.8 Å². The molecule has 1 unspecified atom stereocenters. The molecular weight excluding hydrogens is 124 g/mol. The molecule has 0 aliphatic heterocycles. The van der Waals surface area contributed by atoms with Gasteiger partial charge in [-0.25, -0.2) is 0 Å². The van der Waals surface area contributed by atoms with Gasteiger partial charge in [-0.05, 0) is 25.7 Å². The van der Waals surface area contributed by atoms with Crippen LogP contribution in [0.25, 0.3) is 0 Å². The van der Waals surface area contributed by atoms with E-state index in [0.29, 0.717) is 12.5 Å². The van der Waals surface area contributed by atoms with Crippen molar-refractivity contribution in [1.29, 1.82) is 0 Å². The Labute approximate surface area is 62.1 Å². The fourth-order valence-electron chi connectivity index (χ4n) is 1.15. The smallest absolute Gasteiger partial charge is 0.0436 e. The van der Waals surface area contributed by atoms with E-state index in [1.54, 1.807) is 0 Å². The Morgan fingerprint density at radius 3 is 3.00 bits per heavy atom. The Kier molecular flexibility index (Phi) is 2.69. The van der Waals surface area contributed by atoms with Crippen LogP contribution in [-0.2, 0) is 0 Å². The summed E-state index contributed by atoms with van der Waals surface area (Å²) in [5, 5.41) is 8.63. The fraction of sp³-hybridized carbons (Fsp3) is 0.556. The van der Waals surface area contributed by atoms with Gasteiger partial charge in [0.25, 0.3) is 0 Å². The number of hydrogen-bond acceptors (Lipinski definition) is 1. The first-order valence-electron chi connectivity index (χ1n) is 3.78. The van der Waals surface area contributed by atoms with Crippen LogP contribution < -0.4 is 0 Å². The molecule has 0 radical (unpaired) electrons. The number of rotatable bonds is 2. The second-order valence-electron chi connectivity index (χ2n) is 2.82. The third kappa shape index (κ3) is 1.99. The topological polar surface area (TPSA) is 20.2 Å². The molecule has 0 aromatic heterocycles. The second kappa shape index (κ2) is 3.57. The van der Waals surface area contributed by atoms with Gasteiger partial charge in [-0.15, -0.1) is 0 Å². The summed E-state index contributed by atoms with van der Waals surface area (Å²) < 4.78 is 0. The first kappa shape index (κ1) is 7.55. The molecule has 1 nitrogen and oxygen atoms in total. The van der Waals surface area contributed by atoms with Crippen molar-refractivity contribution in [3.8, 4) is 0 Å². The summed E-state index contributed by atoms with van der Waals surface area (Å²) >= 11 is 0. The third-order valence-corrected chi connectivity index (χ3v) is 1.87. The summed E-state index contributed by atoms with van der Waals surface area (Å²) in [5.41, 5.74) is 1.34. The number of hydrogen-bond donors (Lipinski definition) is 1. The van der Waals surface area contributed by atoms with E-state index in [1.807, 2.05) is 0 Å². The van der Waals surface area contributed by atoms with Gasteiger partial charge >= 0.3 is 0 Å². The molecule has 0 saturated heterocycles. The minimum atomic E-state index is 0.307. The Hall–Kier alpha value is -0.560. The quantitative estimate of drug-likeness (QED) is 0.617. The molecule has 1 heteroatoms. The van der Waals surface area contributed by atoms with Crippen molar-refractivity contribution in [2.24, 2.45) is 5.92 Å². The lowest BCUT2D eigenvalue weighted by molar-refractivity contribution is 0.270. The van der Waals surface area contributed by atoms with Gasteiger partial charge < -0.3 is 5.11 Å². The zero-order chi connectivity index (χ0) is 7.40. The highest BCUT2D eigenvalue weighted by Gasteiger charge is 2.04. The molecule has 1 aliphatic rings. The highest BCUT2D eigenvalue weighted by atomic mass is 16.3. The molecule has 56 valence electrons. The SMILES string of the molecule is CC1=CCC(CCO)C=C1. The number of aliphatic hydroxyl groups excluding tert-OH is 1. The molecule has 0 bridgehead atoms. The maximum absolute atomic E-state index is 8.63. The van der Waals surface area contributed by atoms with E-state index in [2.05, 4.69) is 25.2 Å². The molecule has 0 saturated carbocycles. The molecule has 0 spiro atoms. The number of allylic oxidation sites excluding steroid dienone is 4. The summed E-state index contributed by atoms with van der Waals surface area (Å²) in [7, 11) is 0. The fourth-order valence-corrected chi connectivity index (χ4v) is 1.15. The van der Waals surface area contributed by atoms with E-state index in [1.165, 1.54) is 5.57 Å². The van der Waals surface area contributed by atoms with E-state index >= 15 is 0 Å². The Balaban J connectivity index is 2.37. The summed E-state index contributed by atoms with van der Waals surface area (Å²) in [6.07, 6.45) is 8.54. The Morgan fingerprint density at radius 1 is 1.70 bits per heavy atom. The lowest BCUT2D eigenvalue weighted by Gasteiger charge is -2.12. The Bertz CT molecular complexity index is 156. The molecule has 1 aliphatic carbocycles. The second-order valence-corrected chi connectivity index (χ2v) is 2.82. The molecule has 1 N–H and O–H groups in total. The predicted molar refractivity (Wildman–Crippen MR) is 42.7 cm³/mol. The zero-order valence-corrected chi connectivity index (χ0v) is 6.38. The van der Waals surface area contributed by atoms with Gasteiger partial charge in [0, 0.05) is 6.61 Å². The van der Waals surface area contributed by atoms with Crippen LogP contribution in [0.1, 0.15) is 19.8 Å². The summed E-state index contributed by atoms with van der Waals surface area (Å²) in [4.78, 5) is 0. The van der Waals surface area contributed by atoms with Crippen LogP contribution in [0, 0.1) is 5.92 Å². The van der Waals surface area contributed by atoms with Crippen molar-refractivity contribution in [2.75, 3.05) is 6.61 Å². The van der Waals surface area contributed by atoms with Crippen LogP contribution in [0.3, 0.4) is 0 Å². The summed E-state index contributed by atoms with van der Waals surface area (Å²) in [6, 6.07) is 0. The highest BCUT2D eigenvalue weighted by molar-refractivity contribution is 5.21. The molecule has 10 heavy (non-hydrogen) atoms. The van der Waals surface area contributed by atoms with Gasteiger partial charge in [0.05, 0.1) is 0 Å². The van der Waals surface area contributed by atoms with E-state index in [9.17, 15) is 0 Å². The maximum atomic E-state index is 8.63. The molecule has 1 rings (SSSR count). The van der Waals surface area contributed by atoms with E-state index < -0.39 is 0 Å². The Morgan fingerprint density at radius 2 is 2.50 bits per heavy atom. The number of aliphatic hydroxyl groups is 1. The van der Waals surface area contributed by atoms with Gasteiger partial charge in [-0.1, -0.05) is 23.8 Å². The molecular formula is C9H14O. The first-order chi connectivity index (χ1) is 4.83. The van der Waals surface area contributed by atoms with Gasteiger partial charge in [0.1, 0.15) is 0 Å². The summed E-state index contributed by atoms with van der Waals surface area (Å²) in [6.45, 7) is 2.41. The van der Waals surface area contributed by atoms with Crippen molar-refractivity contribution < 1.29 is 5.11 Å². The van der Waals surface area contributed by atoms with Crippen LogP contribution in [0.2, 0.25) is 0 Å². The van der Waals surface area contributed by atoms with Gasteiger partial charge in [-0.2, -0.15) is 0 Å². The van der Waals surface area contributed by atoms with Gasteiger partial charge in [0.2, 0.25) is 0 Å². The van der Waals surface area contributed by atoms with E-state index in [-0.39, 0.29) is 0 Å². The van der Waals surface area contributed by atoms with E-state index in [0.717, 1.165) is 12.8 Å². The third-order valence-electron chi connectivity index (χ3n) is 1.87. The monoisotopic (exact) mass is 138 g/mol. The molecule has 0 heterocycles. The van der Waals surface area contributed by atoms with Crippen molar-refractivity contribution in [1.82, 2.24) is 0 Å². The minimum absolute atomic E-state index is 0.307. The maximum Gasteiger partial charge on any atom is 0.0436 e. The van der Waals surface area contributed by atoms with Crippen molar-refractivity contribution in [3.05, 3.63) is 23.8 Å². The molecule has 1 atom stereocenters. The van der Waals surface area contributed by atoms with E-state index in [4.69, 9.17) is 5.11 Å². The molecule has 0 aromatic rings. The molecule has 0 aromatic carbocycles. The van der Waals surface area contributed by atoms with Crippen molar-refractivity contribution in [3.63, 3.8) is 0 Å². The standard InChI is InChI=1S/C9H14O/c1-8-2-4-9(5-3-8)6-7-10/h2-4,9-10H,5-7H2,1H3. The first-order valence-corrected chi connectivity index (χ1v) is 3.78. The minimum Gasteiger partial charge on any atom is -0.396 e. The van der Waals surface area contributed by atoms with Crippen LogP contribution >= 0.6 is 0 Å². The zero-order valence-electron chi connectivity index (χ0n) is 6.38. The van der Waals surface area contributed by atoms with Gasteiger partial charge in [0.15, 0.2) is 0 Å². The predicted octanol–water partition coefficient (Wildman–Crippen LogP) is 1.89. The van der Waals surface area contributed by atoms with Crippen molar-refractivity contribution >= 4 is 0 Å². The molecule has 0 amide bonds. The lowest BCUT2D eigenvalue weighted by Crippen LogP contribution is -2.01. The summed E-state index contributed by atoms with van der Waals surface area (Å²) in [5.74, 6) is 0.577. The molecule has 0 fully saturated rings. The lowest BCUT2D eigenvalue weighted by atomic mass is 9.95. The largest absolute Gasteiger partial charge is 0.396 e. The average molecular weight is 138 g/mol. The van der Waals surface area contributed by atoms with Gasteiger partial charge in [-0.3, -0.25) is 0 Å². The van der Waals surface area contributed by atoms with Crippen LogP contribution in [0.15, 0.2) is 23.8 Å². The normalized spacial score (nSPS) is 24.6. The highest BCUT2D eigenvalue weighted by Crippen LogP contribution is 2.18.